The maximum Gasteiger partial charge on any atom is 0.220 e. The van der Waals surface area contributed by atoms with Crippen molar-refractivity contribution < 1.29 is 58.9 Å². The lowest BCUT2D eigenvalue weighted by molar-refractivity contribution is -0.249. The second kappa shape index (κ2) is 20.3. The van der Waals surface area contributed by atoms with Gasteiger partial charge in [0.2, 0.25) is 11.7 Å². The predicted molar refractivity (Wildman–Crippen MR) is 215 cm³/mol. The number of rotatable bonds is 19. The van der Waals surface area contributed by atoms with Crippen LogP contribution in [-0.4, -0.2) is 92.6 Å². The van der Waals surface area contributed by atoms with Gasteiger partial charge in [-0.25, -0.2) is 0 Å². The number of aliphatic hydroxyl groups is 3. The van der Waals surface area contributed by atoms with Crippen LogP contribution in [0.15, 0.2) is 54.7 Å². The largest absolute Gasteiger partial charge is 0.507 e. The smallest absolute Gasteiger partial charge is 0.220 e. The van der Waals surface area contributed by atoms with E-state index in [1.807, 2.05) is 0 Å². The van der Waals surface area contributed by atoms with Crippen LogP contribution in [0.25, 0.3) is 0 Å². The number of amides is 1. The summed E-state index contributed by atoms with van der Waals surface area (Å²) in [7, 11) is 1.32. The number of allylic oxidation sites excluding steroid dienone is 6. The number of ketones is 3. The highest BCUT2D eigenvalue weighted by molar-refractivity contribution is 6.31. The van der Waals surface area contributed by atoms with E-state index in [-0.39, 0.29) is 46.8 Å². The van der Waals surface area contributed by atoms with Gasteiger partial charge in [-0.15, -0.1) is 0 Å². The van der Waals surface area contributed by atoms with Crippen molar-refractivity contribution in [1.82, 2.24) is 5.32 Å². The molecule has 2 aliphatic carbocycles. The summed E-state index contributed by atoms with van der Waals surface area (Å²) in [6, 6.07) is 3.57. The average Bonchev–Trinajstić information content (AvgIpc) is 3.20. The van der Waals surface area contributed by atoms with E-state index in [9.17, 15) is 44.7 Å². The Balaban J connectivity index is 1.23. The first-order valence-electron chi connectivity index (χ1n) is 20.3. The standard InChI is InChI=1S/C45H57NO12/c1-4-5-6-7-8-9-10-11-12-13-14-15-16-17-18-22-34(49)46-30-23-35(57-27(2)40(30)50)58-32-25-45(55,33(48)26-47)24-29-37(32)44(54)39-38(42(29)52)41(51)28-20-19-21-31(56-3)36(28)43(39)53/h5-6,8-9,11-12,19-21,27,30,32,35,40,47,50,52,54-55H,4,7,10,13-18,22-26H2,1-3H3,(H,46,49)/b6-5-,9-8-,12-11-/t27-,30-,32-,35-,40+,45-/m0/s1. The molecule has 1 aliphatic heterocycles. The number of benzene rings is 2. The molecule has 0 radical (unpaired) electrons. The zero-order valence-corrected chi connectivity index (χ0v) is 33.6. The first kappa shape index (κ1) is 44.4. The van der Waals surface area contributed by atoms with E-state index in [0.717, 1.165) is 51.4 Å². The molecule has 2 aromatic carbocycles. The molecule has 1 saturated heterocycles. The van der Waals surface area contributed by atoms with Gasteiger partial charge in [0.25, 0.3) is 0 Å². The quantitative estimate of drug-likeness (QED) is 0.0487. The third kappa shape index (κ3) is 9.95. The van der Waals surface area contributed by atoms with E-state index in [1.165, 1.54) is 25.3 Å². The third-order valence-electron chi connectivity index (χ3n) is 11.2. The second-order valence-corrected chi connectivity index (χ2v) is 15.3. The highest BCUT2D eigenvalue weighted by Gasteiger charge is 2.50. The summed E-state index contributed by atoms with van der Waals surface area (Å²) in [5.74, 6) is -4.15. The van der Waals surface area contributed by atoms with Crippen molar-refractivity contribution in [2.45, 2.75) is 134 Å². The number of nitrogens with one attached hydrogen (secondary N) is 1. The molecule has 6 N–H and O–H groups in total. The fourth-order valence-electron chi connectivity index (χ4n) is 8.04. The monoisotopic (exact) mass is 803 g/mol. The van der Waals surface area contributed by atoms with Gasteiger partial charge in [0.15, 0.2) is 17.9 Å². The Morgan fingerprint density at radius 3 is 2.31 bits per heavy atom. The van der Waals surface area contributed by atoms with Crippen LogP contribution in [0.1, 0.15) is 140 Å². The summed E-state index contributed by atoms with van der Waals surface area (Å²) in [6.45, 7) is 2.66. The molecule has 1 heterocycles. The van der Waals surface area contributed by atoms with Crippen molar-refractivity contribution in [2.24, 2.45) is 0 Å². The maximum absolute atomic E-state index is 13.9. The van der Waals surface area contributed by atoms with E-state index in [4.69, 9.17) is 14.2 Å². The minimum absolute atomic E-state index is 0.0612. The average molecular weight is 804 g/mol. The summed E-state index contributed by atoms with van der Waals surface area (Å²) < 4.78 is 17.6. The molecule has 1 amide bonds. The van der Waals surface area contributed by atoms with Crippen molar-refractivity contribution in [3.63, 3.8) is 0 Å². The van der Waals surface area contributed by atoms with Crippen molar-refractivity contribution >= 4 is 23.3 Å². The Morgan fingerprint density at radius 1 is 0.931 bits per heavy atom. The molecule has 0 saturated carbocycles. The van der Waals surface area contributed by atoms with Crippen LogP contribution in [0.2, 0.25) is 0 Å². The molecule has 2 aromatic rings. The molecule has 0 unspecified atom stereocenters. The molecular weight excluding hydrogens is 746 g/mol. The summed E-state index contributed by atoms with van der Waals surface area (Å²) in [5.41, 5.74) is -3.83. The number of ether oxygens (including phenoxy) is 3. The number of unbranched alkanes of at least 4 members (excludes halogenated alkanes) is 5. The summed E-state index contributed by atoms with van der Waals surface area (Å²) in [4.78, 5) is 53.7. The molecule has 0 spiro atoms. The number of methoxy groups -OCH3 is 1. The fourth-order valence-corrected chi connectivity index (χ4v) is 8.04. The molecule has 1 fully saturated rings. The third-order valence-corrected chi connectivity index (χ3v) is 11.2. The maximum atomic E-state index is 13.9. The topological polar surface area (TPSA) is 209 Å². The van der Waals surface area contributed by atoms with Crippen LogP contribution < -0.4 is 10.1 Å². The van der Waals surface area contributed by atoms with E-state index in [0.29, 0.717) is 6.42 Å². The molecular formula is C45H57NO12. The number of hydrogen-bond acceptors (Lipinski definition) is 12. The van der Waals surface area contributed by atoms with Crippen LogP contribution in [0.3, 0.4) is 0 Å². The molecule has 314 valence electrons. The molecule has 58 heavy (non-hydrogen) atoms. The van der Waals surface area contributed by atoms with Crippen LogP contribution in [0.4, 0.5) is 0 Å². The predicted octanol–water partition coefficient (Wildman–Crippen LogP) is 5.75. The van der Waals surface area contributed by atoms with Gasteiger partial charge < -0.3 is 45.1 Å². The van der Waals surface area contributed by atoms with E-state index in [1.54, 1.807) is 6.92 Å². The summed E-state index contributed by atoms with van der Waals surface area (Å²) >= 11 is 0. The van der Waals surface area contributed by atoms with Crippen LogP contribution in [0.5, 0.6) is 17.2 Å². The van der Waals surface area contributed by atoms with Gasteiger partial charge in [-0.05, 0) is 51.5 Å². The number of aliphatic hydroxyl groups excluding tert-OH is 2. The molecule has 0 aromatic heterocycles. The van der Waals surface area contributed by atoms with Gasteiger partial charge in [0, 0.05) is 42.4 Å². The summed E-state index contributed by atoms with van der Waals surface area (Å²) in [5, 5.41) is 58.5. The van der Waals surface area contributed by atoms with Crippen LogP contribution in [-0.2, 0) is 25.5 Å². The van der Waals surface area contributed by atoms with E-state index < -0.39 is 95.7 Å². The first-order chi connectivity index (χ1) is 27.9. The van der Waals surface area contributed by atoms with Gasteiger partial charge >= 0.3 is 0 Å². The van der Waals surface area contributed by atoms with Gasteiger partial charge in [-0.1, -0.05) is 74.8 Å². The van der Waals surface area contributed by atoms with Crippen molar-refractivity contribution in [2.75, 3.05) is 13.7 Å². The van der Waals surface area contributed by atoms with Crippen molar-refractivity contribution in [3.8, 4) is 17.2 Å². The van der Waals surface area contributed by atoms with Gasteiger partial charge in [-0.2, -0.15) is 0 Å². The number of phenols is 2. The Labute approximate surface area is 339 Å². The van der Waals surface area contributed by atoms with Crippen LogP contribution in [0, 0.1) is 0 Å². The zero-order valence-electron chi connectivity index (χ0n) is 33.6. The minimum Gasteiger partial charge on any atom is -0.507 e. The van der Waals surface area contributed by atoms with Crippen LogP contribution >= 0.6 is 0 Å². The minimum atomic E-state index is -2.31. The Hall–Kier alpha value is -4.66. The number of carbonyl (C=O) groups excluding carboxylic acids is 4. The van der Waals surface area contributed by atoms with Gasteiger partial charge in [-0.3, -0.25) is 19.2 Å². The lowest BCUT2D eigenvalue weighted by atomic mass is 9.72. The lowest BCUT2D eigenvalue weighted by Crippen LogP contribution is -2.55. The molecule has 5 rings (SSSR count). The first-order valence-corrected chi connectivity index (χ1v) is 20.3. The van der Waals surface area contributed by atoms with Crippen molar-refractivity contribution in [1.29, 1.82) is 0 Å². The number of carbonyl (C=O) groups is 4. The molecule has 13 heteroatoms. The van der Waals surface area contributed by atoms with Crippen molar-refractivity contribution in [3.05, 3.63) is 88.0 Å². The Bertz CT molecular complexity index is 1920. The number of aromatic hydroxyl groups is 2. The Kier molecular flexibility index (Phi) is 15.6. The molecule has 0 bridgehead atoms. The number of Topliss-reactive ketones (excluding diaryl/α,β-unsaturated/α-hetero) is 1. The number of hydrogen-bond donors (Lipinski definition) is 6. The van der Waals surface area contributed by atoms with E-state index in [2.05, 4.69) is 48.7 Å². The summed E-state index contributed by atoms with van der Waals surface area (Å²) in [6.07, 6.45) is 16.3. The molecule has 6 atom stereocenters. The highest BCUT2D eigenvalue weighted by Crippen LogP contribution is 2.52. The van der Waals surface area contributed by atoms with E-state index >= 15 is 0 Å². The van der Waals surface area contributed by atoms with Gasteiger partial charge in [0.05, 0.1) is 42.0 Å². The highest BCUT2D eigenvalue weighted by atomic mass is 16.7. The Morgan fingerprint density at radius 2 is 1.60 bits per heavy atom. The lowest BCUT2D eigenvalue weighted by Gasteiger charge is -2.43. The zero-order chi connectivity index (χ0) is 42.0. The number of fused-ring (bicyclic) bond motifs is 3. The molecule has 13 nitrogen and oxygen atoms in total. The SMILES string of the molecule is CC/C=C\C/C=C\C/C=C\CCCCCCCC(=O)N[C@H]1C[C@H](O[C@H]2C[C@](O)(C(=O)CO)Cc3c(O)c4c(c(O)c32)C(=O)c2c(OC)cccc2C4=O)O[C@@H](C)[C@H]1O. The van der Waals surface area contributed by atoms with Gasteiger partial charge in [0.1, 0.15) is 35.6 Å². The number of phenolic OH excluding ortho intramolecular Hbond substituents is 2. The normalized spacial score (nSPS) is 24.3. The second-order valence-electron chi connectivity index (χ2n) is 15.3. The fraction of sp³-hybridized carbons (Fsp3) is 0.511. The molecule has 3 aliphatic rings.